The molecule has 1 aromatic carbocycles. The third-order valence-corrected chi connectivity index (χ3v) is 7.03. The average molecular weight is 511 g/mol. The molecule has 3 heterocycles. The standard InChI is InChI=1S/C26H28F2N6O3/c1-32-21(31-33(2)26(32)37)13-22(35)34-14-17(27)12-20(34)25(36)30-23(16-6-4-3-5-7-16)19-11-10-18(15-8-9-15)24(28)29-19/h3-7,10-11,15,17,20,23H,8-9,12-14H2,1-2H3,(H,30,36). The van der Waals surface area contributed by atoms with Gasteiger partial charge in [0.05, 0.1) is 24.7 Å². The SMILES string of the molecule is Cn1nc(CC(=O)N2CC(F)CC2C(=O)NC(c2ccccc2)c2ccc(C3CC3)c(F)n2)n(C)c1=O. The largest absolute Gasteiger partial charge is 0.345 e. The molecule has 0 spiro atoms. The van der Waals surface area contributed by atoms with E-state index in [2.05, 4.69) is 15.4 Å². The van der Waals surface area contributed by atoms with E-state index in [4.69, 9.17) is 0 Å². The average Bonchev–Trinajstić information content (AvgIpc) is 3.61. The summed E-state index contributed by atoms with van der Waals surface area (Å²) in [5, 5.41) is 6.92. The van der Waals surface area contributed by atoms with Crippen LogP contribution in [0, 0.1) is 5.95 Å². The van der Waals surface area contributed by atoms with Crippen molar-refractivity contribution < 1.29 is 18.4 Å². The Morgan fingerprint density at radius 1 is 1.14 bits per heavy atom. The molecule has 0 bridgehead atoms. The fraction of sp³-hybridized carbons (Fsp3) is 0.423. The van der Waals surface area contributed by atoms with Gasteiger partial charge in [0.2, 0.25) is 17.8 Å². The maximum atomic E-state index is 14.8. The minimum atomic E-state index is -1.38. The number of aromatic nitrogens is 4. The molecule has 1 aliphatic heterocycles. The molecule has 3 unspecified atom stereocenters. The summed E-state index contributed by atoms with van der Waals surface area (Å²) in [6, 6.07) is 10.5. The van der Waals surface area contributed by atoms with Gasteiger partial charge < -0.3 is 10.2 Å². The topological polar surface area (TPSA) is 102 Å². The molecule has 1 saturated carbocycles. The summed E-state index contributed by atoms with van der Waals surface area (Å²) in [6.07, 6.45) is 0.0676. The van der Waals surface area contributed by atoms with E-state index in [1.807, 2.05) is 6.07 Å². The molecule has 5 rings (SSSR count). The minimum Gasteiger partial charge on any atom is -0.342 e. The van der Waals surface area contributed by atoms with E-state index in [-0.39, 0.29) is 36.8 Å². The summed E-state index contributed by atoms with van der Waals surface area (Å²) in [6.45, 7) is -0.239. The Morgan fingerprint density at radius 2 is 1.86 bits per heavy atom. The molecule has 9 nitrogen and oxygen atoms in total. The van der Waals surface area contributed by atoms with Crippen molar-refractivity contribution in [2.75, 3.05) is 6.54 Å². The van der Waals surface area contributed by atoms with Crippen LogP contribution in [0.1, 0.15) is 53.9 Å². The second-order valence-electron chi connectivity index (χ2n) is 9.70. The third-order valence-electron chi connectivity index (χ3n) is 7.03. The van der Waals surface area contributed by atoms with E-state index in [0.29, 0.717) is 16.8 Å². The normalized spacial score (nSPS) is 20.2. The van der Waals surface area contributed by atoms with Gasteiger partial charge in [0.15, 0.2) is 0 Å². The molecule has 1 aliphatic carbocycles. The molecule has 1 saturated heterocycles. The first-order valence-corrected chi connectivity index (χ1v) is 12.3. The first-order valence-electron chi connectivity index (χ1n) is 12.3. The van der Waals surface area contributed by atoms with Crippen LogP contribution in [0.3, 0.4) is 0 Å². The van der Waals surface area contributed by atoms with Crippen molar-refractivity contribution in [2.24, 2.45) is 14.1 Å². The molecule has 3 atom stereocenters. The number of likely N-dealkylation sites (tertiary alicyclic amines) is 1. The molecule has 11 heteroatoms. The van der Waals surface area contributed by atoms with Gasteiger partial charge in [-0.25, -0.2) is 18.9 Å². The molecule has 2 aliphatic rings. The highest BCUT2D eigenvalue weighted by Crippen LogP contribution is 2.41. The highest BCUT2D eigenvalue weighted by Gasteiger charge is 2.41. The van der Waals surface area contributed by atoms with Gasteiger partial charge >= 0.3 is 5.69 Å². The minimum absolute atomic E-state index is 0.164. The third kappa shape index (κ3) is 5.03. The lowest BCUT2D eigenvalue weighted by Crippen LogP contribution is -2.47. The maximum Gasteiger partial charge on any atom is 0.345 e. The Balaban J connectivity index is 1.38. The van der Waals surface area contributed by atoms with Crippen molar-refractivity contribution in [1.82, 2.24) is 29.5 Å². The number of hydrogen-bond donors (Lipinski definition) is 1. The van der Waals surface area contributed by atoms with Crippen LogP contribution in [-0.4, -0.2) is 54.8 Å². The monoisotopic (exact) mass is 510 g/mol. The first-order chi connectivity index (χ1) is 17.7. The highest BCUT2D eigenvalue weighted by atomic mass is 19.1. The molecular weight excluding hydrogens is 482 g/mol. The lowest BCUT2D eigenvalue weighted by molar-refractivity contribution is -0.138. The number of hydrogen-bond acceptors (Lipinski definition) is 5. The number of amides is 2. The molecule has 2 fully saturated rings. The molecule has 1 N–H and O–H groups in total. The molecule has 37 heavy (non-hydrogen) atoms. The lowest BCUT2D eigenvalue weighted by atomic mass is 10.0. The zero-order chi connectivity index (χ0) is 26.3. The maximum absolute atomic E-state index is 14.8. The first kappa shape index (κ1) is 24.8. The molecular formula is C26H28F2N6O3. The lowest BCUT2D eigenvalue weighted by Gasteiger charge is -2.26. The van der Waals surface area contributed by atoms with E-state index in [1.165, 1.54) is 23.6 Å². The summed E-state index contributed by atoms with van der Waals surface area (Å²) in [5.41, 5.74) is 1.18. The predicted molar refractivity (Wildman–Crippen MR) is 130 cm³/mol. The summed E-state index contributed by atoms with van der Waals surface area (Å²) in [4.78, 5) is 43.8. The number of alkyl halides is 1. The van der Waals surface area contributed by atoms with Crippen molar-refractivity contribution in [1.29, 1.82) is 0 Å². The number of aryl methyl sites for hydroxylation is 1. The smallest absolute Gasteiger partial charge is 0.342 e. The summed E-state index contributed by atoms with van der Waals surface area (Å²) >= 11 is 0. The molecule has 194 valence electrons. The van der Waals surface area contributed by atoms with E-state index >= 15 is 0 Å². The van der Waals surface area contributed by atoms with Crippen LogP contribution >= 0.6 is 0 Å². The molecule has 0 radical (unpaired) electrons. The van der Waals surface area contributed by atoms with Gasteiger partial charge in [-0.3, -0.25) is 14.2 Å². The number of carbonyl (C=O) groups excluding carboxylic acids is 2. The Labute approximate surface area is 212 Å². The van der Waals surface area contributed by atoms with Crippen molar-refractivity contribution in [3.8, 4) is 0 Å². The Bertz CT molecular complexity index is 1380. The van der Waals surface area contributed by atoms with Crippen LogP contribution in [0.15, 0.2) is 47.3 Å². The molecule has 2 amide bonds. The summed E-state index contributed by atoms with van der Waals surface area (Å²) in [7, 11) is 2.97. The van der Waals surface area contributed by atoms with E-state index in [0.717, 1.165) is 17.5 Å². The van der Waals surface area contributed by atoms with Crippen molar-refractivity contribution >= 4 is 11.8 Å². The van der Waals surface area contributed by atoms with Crippen LogP contribution in [0.25, 0.3) is 0 Å². The van der Waals surface area contributed by atoms with Gasteiger partial charge in [-0.1, -0.05) is 36.4 Å². The predicted octanol–water partition coefficient (Wildman–Crippen LogP) is 1.92. The van der Waals surface area contributed by atoms with Crippen molar-refractivity contribution in [3.63, 3.8) is 0 Å². The van der Waals surface area contributed by atoms with E-state index in [1.54, 1.807) is 36.4 Å². The van der Waals surface area contributed by atoms with Gasteiger partial charge in [-0.15, -0.1) is 0 Å². The Morgan fingerprint density at radius 3 is 2.49 bits per heavy atom. The van der Waals surface area contributed by atoms with Gasteiger partial charge in [-0.05, 0) is 30.4 Å². The molecule has 2 aromatic heterocycles. The number of rotatable bonds is 7. The fourth-order valence-electron chi connectivity index (χ4n) is 4.84. The molecule has 3 aromatic rings. The van der Waals surface area contributed by atoms with Crippen LogP contribution in [0.4, 0.5) is 8.78 Å². The van der Waals surface area contributed by atoms with E-state index in [9.17, 15) is 23.2 Å². The number of halogens is 2. The van der Waals surface area contributed by atoms with Crippen LogP contribution < -0.4 is 11.0 Å². The summed E-state index contributed by atoms with van der Waals surface area (Å²) in [5.74, 6) is -1.23. The fourth-order valence-corrected chi connectivity index (χ4v) is 4.84. The number of benzene rings is 1. The zero-order valence-electron chi connectivity index (χ0n) is 20.6. The summed E-state index contributed by atoms with van der Waals surface area (Å²) < 4.78 is 31.6. The Kier molecular flexibility index (Phi) is 6.61. The number of nitrogens with one attached hydrogen (secondary N) is 1. The van der Waals surface area contributed by atoms with Gasteiger partial charge in [0, 0.05) is 26.1 Å². The highest BCUT2D eigenvalue weighted by molar-refractivity contribution is 5.89. The van der Waals surface area contributed by atoms with Crippen molar-refractivity contribution in [2.45, 2.75) is 49.9 Å². The van der Waals surface area contributed by atoms with Crippen LogP contribution in [0.2, 0.25) is 0 Å². The van der Waals surface area contributed by atoms with E-state index < -0.39 is 36.0 Å². The number of pyridine rings is 1. The van der Waals surface area contributed by atoms with Gasteiger partial charge in [-0.2, -0.15) is 9.49 Å². The Hall–Kier alpha value is -3.89. The van der Waals surface area contributed by atoms with Crippen LogP contribution in [-0.2, 0) is 30.1 Å². The zero-order valence-corrected chi connectivity index (χ0v) is 20.6. The second kappa shape index (κ2) is 9.87. The van der Waals surface area contributed by atoms with Crippen molar-refractivity contribution in [3.05, 3.63) is 81.5 Å². The van der Waals surface area contributed by atoms with Gasteiger partial charge in [0.1, 0.15) is 18.0 Å². The second-order valence-corrected chi connectivity index (χ2v) is 9.70. The van der Waals surface area contributed by atoms with Gasteiger partial charge in [0.25, 0.3) is 0 Å². The quantitative estimate of drug-likeness (QED) is 0.490. The number of nitrogens with zero attached hydrogens (tertiary/aromatic N) is 5. The number of carbonyl (C=O) groups is 2. The van der Waals surface area contributed by atoms with Crippen LogP contribution in [0.5, 0.6) is 0 Å².